The molecule has 0 radical (unpaired) electrons. The lowest BCUT2D eigenvalue weighted by atomic mass is 10.2. The predicted octanol–water partition coefficient (Wildman–Crippen LogP) is 2.25. The zero-order chi connectivity index (χ0) is 15.2. The maximum atomic E-state index is 12.2. The summed E-state index contributed by atoms with van der Waals surface area (Å²) in [5.74, 6) is -1.07. The summed E-state index contributed by atoms with van der Waals surface area (Å²) in [4.78, 5) is 29.2. The van der Waals surface area contributed by atoms with Crippen molar-refractivity contribution in [2.24, 2.45) is 0 Å². The molecule has 0 aliphatic rings. The van der Waals surface area contributed by atoms with Crippen molar-refractivity contribution in [3.8, 4) is 0 Å². The third kappa shape index (κ3) is 4.28. The Morgan fingerprint density at radius 3 is 2.62 bits per heavy atom. The van der Waals surface area contributed by atoms with E-state index in [1.54, 1.807) is 23.8 Å². The summed E-state index contributed by atoms with van der Waals surface area (Å²) in [6.07, 6.45) is 1.67. The summed E-state index contributed by atoms with van der Waals surface area (Å²) >= 11 is 1.43. The predicted molar refractivity (Wildman–Crippen MR) is 80.5 cm³/mol. The summed E-state index contributed by atoms with van der Waals surface area (Å²) in [5.41, 5.74) is 3.26. The van der Waals surface area contributed by atoms with Gasteiger partial charge in [0, 0.05) is 16.8 Å². The minimum Gasteiger partial charge on any atom is -0.480 e. The standard InChI is InChI=1S/C14H15N3O3S/c1-10-2-4-11(5-3-10)17(8-13(18)19)14(20)16-7-12-6-15-9-21-12/h2-6,9H,7-8H2,1H3,(H,16,20)(H,18,19). The van der Waals surface area contributed by atoms with Crippen LogP contribution in [0.3, 0.4) is 0 Å². The number of urea groups is 1. The topological polar surface area (TPSA) is 82.5 Å². The van der Waals surface area contributed by atoms with Crippen molar-refractivity contribution in [2.45, 2.75) is 13.5 Å². The van der Waals surface area contributed by atoms with Gasteiger partial charge in [-0.3, -0.25) is 14.7 Å². The van der Waals surface area contributed by atoms with Crippen LogP contribution in [0, 0.1) is 6.92 Å². The molecule has 1 aromatic carbocycles. The molecule has 2 N–H and O–H groups in total. The van der Waals surface area contributed by atoms with Gasteiger partial charge in [-0.15, -0.1) is 11.3 Å². The first-order chi connectivity index (χ1) is 10.1. The van der Waals surface area contributed by atoms with Gasteiger partial charge in [-0.05, 0) is 19.1 Å². The van der Waals surface area contributed by atoms with Crippen LogP contribution in [0.1, 0.15) is 10.4 Å². The van der Waals surface area contributed by atoms with E-state index >= 15 is 0 Å². The molecule has 0 spiro atoms. The molecule has 1 aromatic heterocycles. The highest BCUT2D eigenvalue weighted by molar-refractivity contribution is 7.09. The number of nitrogens with one attached hydrogen (secondary N) is 1. The number of carbonyl (C=O) groups excluding carboxylic acids is 1. The van der Waals surface area contributed by atoms with Gasteiger partial charge < -0.3 is 10.4 Å². The second-order valence-corrected chi connectivity index (χ2v) is 5.41. The molecule has 2 amide bonds. The van der Waals surface area contributed by atoms with Gasteiger partial charge in [-0.1, -0.05) is 17.7 Å². The molecular weight excluding hydrogens is 290 g/mol. The van der Waals surface area contributed by atoms with Gasteiger partial charge in [0.15, 0.2) is 0 Å². The number of nitrogens with zero attached hydrogens (tertiary/aromatic N) is 2. The first-order valence-corrected chi connectivity index (χ1v) is 7.15. The quantitative estimate of drug-likeness (QED) is 0.887. The molecule has 1 heterocycles. The van der Waals surface area contributed by atoms with Crippen molar-refractivity contribution in [1.82, 2.24) is 10.3 Å². The third-order valence-electron chi connectivity index (χ3n) is 2.78. The number of carboxylic acids is 1. The Labute approximate surface area is 126 Å². The number of carboxylic acid groups (broad SMARTS) is 1. The van der Waals surface area contributed by atoms with E-state index in [-0.39, 0.29) is 0 Å². The zero-order valence-corrected chi connectivity index (χ0v) is 12.3. The fraction of sp³-hybridized carbons (Fsp3) is 0.214. The van der Waals surface area contributed by atoms with Crippen LogP contribution in [-0.4, -0.2) is 28.6 Å². The molecule has 0 saturated carbocycles. The zero-order valence-electron chi connectivity index (χ0n) is 11.4. The number of hydrogen-bond acceptors (Lipinski definition) is 4. The van der Waals surface area contributed by atoms with Crippen LogP contribution < -0.4 is 10.2 Å². The lowest BCUT2D eigenvalue weighted by Gasteiger charge is -2.21. The van der Waals surface area contributed by atoms with Crippen LogP contribution in [0.15, 0.2) is 36.0 Å². The Balaban J connectivity index is 2.09. The number of aromatic nitrogens is 1. The molecule has 0 aliphatic heterocycles. The number of benzene rings is 1. The number of thiazole rings is 1. The monoisotopic (exact) mass is 305 g/mol. The lowest BCUT2D eigenvalue weighted by molar-refractivity contribution is -0.135. The highest BCUT2D eigenvalue weighted by Gasteiger charge is 2.18. The van der Waals surface area contributed by atoms with Crippen molar-refractivity contribution < 1.29 is 14.7 Å². The second kappa shape index (κ2) is 6.85. The molecule has 0 bridgehead atoms. The molecule has 6 nitrogen and oxygen atoms in total. The highest BCUT2D eigenvalue weighted by Crippen LogP contribution is 2.15. The van der Waals surface area contributed by atoms with Crippen molar-refractivity contribution in [3.05, 3.63) is 46.4 Å². The SMILES string of the molecule is Cc1ccc(N(CC(=O)O)C(=O)NCc2cncs2)cc1. The van der Waals surface area contributed by atoms with E-state index in [0.717, 1.165) is 10.4 Å². The van der Waals surface area contributed by atoms with Crippen LogP contribution in [0.4, 0.5) is 10.5 Å². The fourth-order valence-corrected chi connectivity index (χ4v) is 2.26. The van der Waals surface area contributed by atoms with Crippen LogP contribution in [0.5, 0.6) is 0 Å². The molecule has 0 unspecified atom stereocenters. The van der Waals surface area contributed by atoms with E-state index in [1.807, 2.05) is 19.1 Å². The molecule has 0 atom stereocenters. The smallest absolute Gasteiger partial charge is 0.323 e. The second-order valence-electron chi connectivity index (χ2n) is 4.44. The molecular formula is C14H15N3O3S. The summed E-state index contributed by atoms with van der Waals surface area (Å²) < 4.78 is 0. The summed E-state index contributed by atoms with van der Waals surface area (Å²) in [5, 5.41) is 11.7. The van der Waals surface area contributed by atoms with Gasteiger partial charge in [0.1, 0.15) is 6.54 Å². The van der Waals surface area contributed by atoms with Crippen molar-refractivity contribution >= 4 is 29.0 Å². The Kier molecular flexibility index (Phi) is 4.89. The summed E-state index contributed by atoms with van der Waals surface area (Å²) in [7, 11) is 0. The van der Waals surface area contributed by atoms with E-state index < -0.39 is 18.5 Å². The fourth-order valence-electron chi connectivity index (χ4n) is 1.73. The molecule has 0 saturated heterocycles. The van der Waals surface area contributed by atoms with E-state index in [2.05, 4.69) is 10.3 Å². The van der Waals surface area contributed by atoms with Gasteiger partial charge in [-0.25, -0.2) is 4.79 Å². The average molecular weight is 305 g/mol. The number of aryl methyl sites for hydroxylation is 1. The van der Waals surface area contributed by atoms with Crippen LogP contribution in [0.25, 0.3) is 0 Å². The lowest BCUT2D eigenvalue weighted by Crippen LogP contribution is -2.42. The van der Waals surface area contributed by atoms with Gasteiger partial charge >= 0.3 is 12.0 Å². The largest absolute Gasteiger partial charge is 0.480 e. The summed E-state index contributed by atoms with van der Waals surface area (Å²) in [6, 6.07) is 6.67. The number of amides is 2. The van der Waals surface area contributed by atoms with Crippen molar-refractivity contribution in [3.63, 3.8) is 0 Å². The molecule has 110 valence electrons. The minimum atomic E-state index is -1.07. The Morgan fingerprint density at radius 2 is 2.05 bits per heavy atom. The molecule has 2 rings (SSSR count). The van der Waals surface area contributed by atoms with E-state index in [1.165, 1.54) is 16.2 Å². The van der Waals surface area contributed by atoms with Crippen LogP contribution in [0.2, 0.25) is 0 Å². The molecule has 0 aliphatic carbocycles. The molecule has 21 heavy (non-hydrogen) atoms. The maximum Gasteiger partial charge on any atom is 0.323 e. The van der Waals surface area contributed by atoms with Crippen LogP contribution in [-0.2, 0) is 11.3 Å². The summed E-state index contributed by atoms with van der Waals surface area (Å²) in [6.45, 7) is 1.86. The Hall–Kier alpha value is -2.41. The van der Waals surface area contributed by atoms with E-state index in [9.17, 15) is 9.59 Å². The number of hydrogen-bond donors (Lipinski definition) is 2. The first kappa shape index (κ1) is 15.0. The van der Waals surface area contributed by atoms with Gasteiger partial charge in [0.25, 0.3) is 0 Å². The molecule has 2 aromatic rings. The minimum absolute atomic E-state index is 0.325. The number of anilines is 1. The van der Waals surface area contributed by atoms with E-state index in [4.69, 9.17) is 5.11 Å². The normalized spacial score (nSPS) is 10.1. The number of rotatable bonds is 5. The first-order valence-electron chi connectivity index (χ1n) is 6.27. The Bertz CT molecular complexity index is 611. The van der Waals surface area contributed by atoms with Crippen molar-refractivity contribution in [2.75, 3.05) is 11.4 Å². The molecule has 0 fully saturated rings. The molecule has 7 heteroatoms. The Morgan fingerprint density at radius 1 is 1.33 bits per heavy atom. The number of aliphatic carboxylic acids is 1. The van der Waals surface area contributed by atoms with E-state index in [0.29, 0.717) is 12.2 Å². The van der Waals surface area contributed by atoms with Gasteiger partial charge in [0.2, 0.25) is 0 Å². The maximum absolute atomic E-state index is 12.2. The van der Waals surface area contributed by atoms with Crippen molar-refractivity contribution in [1.29, 1.82) is 0 Å². The van der Waals surface area contributed by atoms with Gasteiger partial charge in [0.05, 0.1) is 12.1 Å². The highest BCUT2D eigenvalue weighted by atomic mass is 32.1. The number of carbonyl (C=O) groups is 2. The van der Waals surface area contributed by atoms with Gasteiger partial charge in [-0.2, -0.15) is 0 Å². The third-order valence-corrected chi connectivity index (χ3v) is 3.56. The van der Waals surface area contributed by atoms with Crippen LogP contribution >= 0.6 is 11.3 Å². The average Bonchev–Trinajstić information content (AvgIpc) is 2.96.